The molecule has 0 aliphatic carbocycles. The number of nitrogens with one attached hydrogen (secondary N) is 1. The number of benzene rings is 2. The summed E-state index contributed by atoms with van der Waals surface area (Å²) in [5.41, 5.74) is 3.89. The lowest BCUT2D eigenvalue weighted by atomic mass is 9.93. The van der Waals surface area contributed by atoms with Crippen molar-refractivity contribution in [2.24, 2.45) is 0 Å². The van der Waals surface area contributed by atoms with E-state index >= 15 is 0 Å². The molecule has 0 bridgehead atoms. The molecule has 0 radical (unpaired) electrons. The van der Waals surface area contributed by atoms with Crippen molar-refractivity contribution < 1.29 is 14.0 Å². The van der Waals surface area contributed by atoms with E-state index in [9.17, 15) is 14.0 Å². The topological polar surface area (TPSA) is 55.9 Å². The Morgan fingerprint density at radius 2 is 1.92 bits per heavy atom. The molecule has 2 aliphatic rings. The van der Waals surface area contributed by atoms with Crippen LogP contribution >= 0.6 is 11.3 Å². The second kappa shape index (κ2) is 10.4. The lowest BCUT2D eigenvalue weighted by Crippen LogP contribution is -2.58. The van der Waals surface area contributed by atoms with Crippen molar-refractivity contribution in [2.45, 2.75) is 32.4 Å². The molecule has 3 aromatic rings. The third-order valence-electron chi connectivity index (χ3n) is 7.08. The fraction of sp³-hybridized carbons (Fsp3) is 0.357. The molecule has 1 aromatic heterocycles. The molecule has 0 spiro atoms. The van der Waals surface area contributed by atoms with E-state index in [1.165, 1.54) is 10.9 Å². The van der Waals surface area contributed by atoms with Crippen LogP contribution in [0.15, 0.2) is 60.0 Å². The molecule has 2 aliphatic heterocycles. The van der Waals surface area contributed by atoms with Gasteiger partial charge in [-0.1, -0.05) is 24.3 Å². The molecule has 1 N–H and O–H groups in total. The third kappa shape index (κ3) is 5.15. The van der Waals surface area contributed by atoms with Crippen molar-refractivity contribution >= 4 is 29.0 Å². The van der Waals surface area contributed by atoms with Crippen molar-refractivity contribution in [1.29, 1.82) is 0 Å². The number of amides is 3. The summed E-state index contributed by atoms with van der Waals surface area (Å²) in [7, 11) is 0. The highest BCUT2D eigenvalue weighted by Gasteiger charge is 2.34. The molecular formula is C28H31FN4O2S. The summed E-state index contributed by atoms with van der Waals surface area (Å²) in [4.78, 5) is 33.4. The number of piperazine rings is 1. The van der Waals surface area contributed by atoms with Gasteiger partial charge in [-0.2, -0.15) is 0 Å². The molecule has 2 aromatic carbocycles. The van der Waals surface area contributed by atoms with Crippen LogP contribution in [0.4, 0.5) is 14.9 Å². The summed E-state index contributed by atoms with van der Waals surface area (Å²) in [5.74, 6) is -0.226. The summed E-state index contributed by atoms with van der Waals surface area (Å²) < 4.78 is 14.1. The third-order valence-corrected chi connectivity index (χ3v) is 8.08. The Hall–Kier alpha value is -3.23. The largest absolute Gasteiger partial charge is 0.338 e. The van der Waals surface area contributed by atoms with Crippen molar-refractivity contribution in [3.05, 3.63) is 87.4 Å². The van der Waals surface area contributed by atoms with Gasteiger partial charge in [0.15, 0.2) is 0 Å². The zero-order valence-electron chi connectivity index (χ0n) is 20.6. The quantitative estimate of drug-likeness (QED) is 0.547. The number of hydrogen-bond acceptors (Lipinski definition) is 4. The number of fused-ring (bicyclic) bond motifs is 1. The zero-order chi connectivity index (χ0) is 25.2. The van der Waals surface area contributed by atoms with Crippen LogP contribution in [-0.2, 0) is 11.2 Å². The molecule has 1 saturated heterocycles. The second-order valence-electron chi connectivity index (χ2n) is 9.66. The molecule has 0 unspecified atom stereocenters. The molecular weight excluding hydrogens is 475 g/mol. The predicted molar refractivity (Wildman–Crippen MR) is 141 cm³/mol. The smallest absolute Gasteiger partial charge is 0.322 e. The van der Waals surface area contributed by atoms with Crippen molar-refractivity contribution in [1.82, 2.24) is 14.7 Å². The Labute approximate surface area is 215 Å². The Bertz CT molecular complexity index is 1260. The number of carbonyl (C=O) groups excluding carboxylic acids is 2. The fourth-order valence-electron chi connectivity index (χ4n) is 5.28. The summed E-state index contributed by atoms with van der Waals surface area (Å²) in [6, 6.07) is 16.1. The van der Waals surface area contributed by atoms with Gasteiger partial charge >= 0.3 is 6.03 Å². The minimum atomic E-state index is -0.269. The van der Waals surface area contributed by atoms with Gasteiger partial charge in [0.25, 0.3) is 0 Å². The normalized spacial score (nSPS) is 20.2. The minimum Gasteiger partial charge on any atom is -0.338 e. The number of thiophene rings is 1. The number of nitrogens with zero attached hydrogens (tertiary/aromatic N) is 3. The molecule has 188 valence electrons. The molecule has 6 nitrogen and oxygen atoms in total. The van der Waals surface area contributed by atoms with Crippen LogP contribution in [0.1, 0.15) is 34.5 Å². The van der Waals surface area contributed by atoms with Crippen molar-refractivity contribution in [3.8, 4) is 0 Å². The maximum absolute atomic E-state index is 14.1. The molecule has 3 amide bonds. The number of rotatable bonds is 4. The van der Waals surface area contributed by atoms with Gasteiger partial charge in [0.05, 0.1) is 12.6 Å². The molecule has 5 rings (SSSR count). The van der Waals surface area contributed by atoms with E-state index in [0.717, 1.165) is 35.3 Å². The average molecular weight is 507 g/mol. The molecule has 36 heavy (non-hydrogen) atoms. The van der Waals surface area contributed by atoms with Gasteiger partial charge in [0.2, 0.25) is 5.91 Å². The van der Waals surface area contributed by atoms with Crippen LogP contribution in [-0.4, -0.2) is 65.4 Å². The average Bonchev–Trinajstić information content (AvgIpc) is 3.32. The number of carbonyl (C=O) groups is 2. The Morgan fingerprint density at radius 1 is 1.08 bits per heavy atom. The highest BCUT2D eigenvalue weighted by atomic mass is 32.1. The minimum absolute atomic E-state index is 0.0423. The van der Waals surface area contributed by atoms with E-state index < -0.39 is 0 Å². The van der Waals surface area contributed by atoms with Crippen LogP contribution in [0, 0.1) is 12.7 Å². The van der Waals surface area contributed by atoms with E-state index in [0.29, 0.717) is 19.6 Å². The highest BCUT2D eigenvalue weighted by molar-refractivity contribution is 7.10. The second-order valence-corrected chi connectivity index (χ2v) is 10.7. The van der Waals surface area contributed by atoms with Crippen LogP contribution in [0.3, 0.4) is 0 Å². The lowest BCUT2D eigenvalue weighted by molar-refractivity contribution is -0.135. The van der Waals surface area contributed by atoms with Crippen molar-refractivity contribution in [3.63, 3.8) is 0 Å². The SMILES string of the molecule is Cc1cccc(NC(=O)N2CCN(C(=O)CN3CCc4sccc4[C@H]3c3cccc(F)c3)C[C@H]2C)c1. The first-order valence-electron chi connectivity index (χ1n) is 12.4. The first-order valence-corrected chi connectivity index (χ1v) is 13.2. The van der Waals surface area contributed by atoms with Gasteiger partial charge in [0, 0.05) is 42.8 Å². The fourth-order valence-corrected chi connectivity index (χ4v) is 6.19. The van der Waals surface area contributed by atoms with Gasteiger partial charge in [-0.15, -0.1) is 11.3 Å². The van der Waals surface area contributed by atoms with E-state index in [2.05, 4.69) is 21.7 Å². The number of anilines is 1. The number of hydrogen-bond donors (Lipinski definition) is 1. The Morgan fingerprint density at radius 3 is 2.69 bits per heavy atom. The van der Waals surface area contributed by atoms with Gasteiger partial charge in [-0.3, -0.25) is 9.69 Å². The van der Waals surface area contributed by atoms with Crippen LogP contribution < -0.4 is 5.32 Å². The molecule has 0 saturated carbocycles. The van der Waals surface area contributed by atoms with E-state index in [1.54, 1.807) is 28.4 Å². The number of urea groups is 1. The Kier molecular flexibility index (Phi) is 7.07. The Balaban J connectivity index is 1.24. The maximum Gasteiger partial charge on any atom is 0.322 e. The summed E-state index contributed by atoms with van der Waals surface area (Å²) in [6.45, 7) is 6.43. The van der Waals surface area contributed by atoms with E-state index in [-0.39, 0.29) is 36.4 Å². The molecule has 1 fully saturated rings. The number of aryl methyl sites for hydroxylation is 1. The van der Waals surface area contributed by atoms with Crippen molar-refractivity contribution in [2.75, 3.05) is 38.0 Å². The summed E-state index contributed by atoms with van der Waals surface area (Å²) in [6.07, 6.45) is 0.884. The van der Waals surface area contributed by atoms with Gasteiger partial charge in [-0.25, -0.2) is 9.18 Å². The molecule has 3 heterocycles. The standard InChI is InChI=1S/C28H31FN4O2S/c1-19-5-3-8-23(15-19)30-28(35)33-13-12-31(17-20(33)2)26(34)18-32-11-9-25-24(10-14-36-25)27(32)21-6-4-7-22(29)16-21/h3-8,10,14-16,20,27H,9,11-13,17-18H2,1-2H3,(H,30,35)/t20-,27-/m1/s1. The molecule has 8 heteroatoms. The molecule has 2 atom stereocenters. The van der Waals surface area contributed by atoms with Crippen LogP contribution in [0.25, 0.3) is 0 Å². The number of halogens is 1. The predicted octanol–water partition coefficient (Wildman–Crippen LogP) is 4.91. The van der Waals surface area contributed by atoms with E-state index in [4.69, 9.17) is 0 Å². The lowest BCUT2D eigenvalue weighted by Gasteiger charge is -2.41. The van der Waals surface area contributed by atoms with Crippen LogP contribution in [0.2, 0.25) is 0 Å². The first-order chi connectivity index (χ1) is 17.4. The van der Waals surface area contributed by atoms with Crippen LogP contribution in [0.5, 0.6) is 0 Å². The maximum atomic E-state index is 14.1. The summed E-state index contributed by atoms with van der Waals surface area (Å²) >= 11 is 1.72. The zero-order valence-corrected chi connectivity index (χ0v) is 21.4. The summed E-state index contributed by atoms with van der Waals surface area (Å²) in [5, 5.41) is 5.05. The van der Waals surface area contributed by atoms with Gasteiger partial charge in [-0.05, 0) is 72.7 Å². The van der Waals surface area contributed by atoms with Gasteiger partial charge < -0.3 is 15.1 Å². The monoisotopic (exact) mass is 506 g/mol. The van der Waals surface area contributed by atoms with Gasteiger partial charge in [0.1, 0.15) is 5.82 Å². The first kappa shape index (κ1) is 24.5. The van der Waals surface area contributed by atoms with E-state index in [1.807, 2.05) is 49.1 Å². The highest BCUT2D eigenvalue weighted by Crippen LogP contribution is 2.37.